The van der Waals surface area contributed by atoms with E-state index in [1.165, 1.54) is 16.0 Å². The van der Waals surface area contributed by atoms with Crippen LogP contribution in [0.4, 0.5) is 0 Å². The maximum atomic E-state index is 13.5. The van der Waals surface area contributed by atoms with Crippen LogP contribution < -0.4 is 9.47 Å². The Labute approximate surface area is 219 Å². The Hall–Kier alpha value is -2.92. The first-order valence-electron chi connectivity index (χ1n) is 13.0. The Morgan fingerprint density at radius 1 is 0.972 bits per heavy atom. The van der Waals surface area contributed by atoms with Gasteiger partial charge in [-0.15, -0.1) is 11.8 Å². The van der Waals surface area contributed by atoms with Gasteiger partial charge in [-0.25, -0.2) is 0 Å². The predicted octanol–water partition coefficient (Wildman–Crippen LogP) is 7.33. The summed E-state index contributed by atoms with van der Waals surface area (Å²) in [6, 6.07) is 25.1. The van der Waals surface area contributed by atoms with Crippen molar-refractivity contribution < 1.29 is 14.3 Å². The number of fused-ring (bicyclic) bond motifs is 2. The standard InChI is InChI=1S/C31H35NO3S/c1-21(2)29-9-4-5-10-30(29)35-27-17-24-15-16-25(18-27)32(24)31(33)23-13-11-22(12-14-23)20-36-28-8-6-7-26(19-28)34-3/h4-14,19,21,24-25,27H,15-18,20H2,1-3H3. The van der Waals surface area contributed by atoms with Gasteiger partial charge < -0.3 is 14.4 Å². The molecule has 0 aliphatic carbocycles. The van der Waals surface area contributed by atoms with Gasteiger partial charge in [-0.2, -0.15) is 0 Å². The molecule has 2 aliphatic rings. The van der Waals surface area contributed by atoms with Gasteiger partial charge in [0.15, 0.2) is 0 Å². The van der Waals surface area contributed by atoms with Crippen LogP contribution in [-0.2, 0) is 5.75 Å². The number of thioether (sulfide) groups is 1. The predicted molar refractivity (Wildman–Crippen MR) is 146 cm³/mol. The number of hydrogen-bond donors (Lipinski definition) is 0. The van der Waals surface area contributed by atoms with Crippen LogP contribution >= 0.6 is 11.8 Å². The molecule has 0 spiro atoms. The zero-order chi connectivity index (χ0) is 25.1. The first-order valence-corrected chi connectivity index (χ1v) is 13.9. The molecular formula is C31H35NO3S. The summed E-state index contributed by atoms with van der Waals surface area (Å²) in [5, 5.41) is 0. The Bertz CT molecular complexity index is 1180. The highest BCUT2D eigenvalue weighted by Gasteiger charge is 2.44. The zero-order valence-corrected chi connectivity index (χ0v) is 22.2. The van der Waals surface area contributed by atoms with E-state index in [2.05, 4.69) is 55.1 Å². The minimum Gasteiger partial charge on any atom is -0.497 e. The average Bonchev–Trinajstić information content (AvgIpc) is 3.17. The maximum Gasteiger partial charge on any atom is 0.254 e. The minimum absolute atomic E-state index is 0.163. The van der Waals surface area contributed by atoms with E-state index in [1.807, 2.05) is 36.4 Å². The van der Waals surface area contributed by atoms with Crippen LogP contribution in [0.3, 0.4) is 0 Å². The van der Waals surface area contributed by atoms with E-state index in [0.717, 1.165) is 48.5 Å². The summed E-state index contributed by atoms with van der Waals surface area (Å²) in [7, 11) is 1.69. The van der Waals surface area contributed by atoms with E-state index in [4.69, 9.17) is 9.47 Å². The minimum atomic E-state index is 0.163. The molecule has 2 saturated heterocycles. The van der Waals surface area contributed by atoms with Crippen molar-refractivity contribution in [2.24, 2.45) is 0 Å². The lowest BCUT2D eigenvalue weighted by Crippen LogP contribution is -2.49. The van der Waals surface area contributed by atoms with Gasteiger partial charge in [-0.05, 0) is 66.3 Å². The Balaban J connectivity index is 1.20. The van der Waals surface area contributed by atoms with E-state index in [-0.39, 0.29) is 24.1 Å². The van der Waals surface area contributed by atoms with Crippen molar-refractivity contribution >= 4 is 17.7 Å². The largest absolute Gasteiger partial charge is 0.497 e. The molecule has 5 rings (SSSR count). The van der Waals surface area contributed by atoms with Crippen molar-refractivity contribution in [2.45, 2.75) is 74.3 Å². The van der Waals surface area contributed by atoms with Crippen molar-refractivity contribution in [2.75, 3.05) is 7.11 Å². The summed E-state index contributed by atoms with van der Waals surface area (Å²) in [4.78, 5) is 16.8. The fourth-order valence-corrected chi connectivity index (χ4v) is 6.45. The lowest BCUT2D eigenvalue weighted by atomic mass is 9.97. The summed E-state index contributed by atoms with van der Waals surface area (Å²) >= 11 is 1.77. The molecule has 4 nitrogen and oxygen atoms in total. The first kappa shape index (κ1) is 24.8. The average molecular weight is 502 g/mol. The highest BCUT2D eigenvalue weighted by atomic mass is 32.2. The number of benzene rings is 3. The van der Waals surface area contributed by atoms with Gasteiger partial charge in [0.25, 0.3) is 5.91 Å². The lowest BCUT2D eigenvalue weighted by Gasteiger charge is -2.39. The lowest BCUT2D eigenvalue weighted by molar-refractivity contribution is 0.0356. The van der Waals surface area contributed by atoms with Gasteiger partial charge in [0, 0.05) is 41.1 Å². The highest BCUT2D eigenvalue weighted by molar-refractivity contribution is 7.98. The van der Waals surface area contributed by atoms with Crippen molar-refractivity contribution in [1.82, 2.24) is 4.90 Å². The summed E-state index contributed by atoms with van der Waals surface area (Å²) in [5.74, 6) is 3.31. The van der Waals surface area contributed by atoms with Gasteiger partial charge in [-0.3, -0.25) is 4.79 Å². The van der Waals surface area contributed by atoms with Gasteiger partial charge >= 0.3 is 0 Å². The molecule has 2 unspecified atom stereocenters. The number of amides is 1. The van der Waals surface area contributed by atoms with Crippen LogP contribution in [0.1, 0.15) is 66.9 Å². The third kappa shape index (κ3) is 5.41. The second-order valence-corrected chi connectivity index (χ2v) is 11.2. The summed E-state index contributed by atoms with van der Waals surface area (Å²) in [5.41, 5.74) is 3.25. The van der Waals surface area contributed by atoms with Gasteiger partial charge in [0.05, 0.1) is 7.11 Å². The van der Waals surface area contributed by atoms with Crippen molar-refractivity contribution in [3.05, 3.63) is 89.5 Å². The van der Waals surface area contributed by atoms with E-state index >= 15 is 0 Å². The maximum absolute atomic E-state index is 13.5. The smallest absolute Gasteiger partial charge is 0.254 e. The van der Waals surface area contributed by atoms with Crippen LogP contribution in [0.15, 0.2) is 77.7 Å². The van der Waals surface area contributed by atoms with Crippen molar-refractivity contribution in [3.63, 3.8) is 0 Å². The summed E-state index contributed by atoms with van der Waals surface area (Å²) < 4.78 is 11.8. The number of hydrogen-bond acceptors (Lipinski definition) is 4. The molecule has 5 heteroatoms. The molecule has 36 heavy (non-hydrogen) atoms. The van der Waals surface area contributed by atoms with Crippen molar-refractivity contribution in [1.29, 1.82) is 0 Å². The molecule has 0 aromatic heterocycles. The van der Waals surface area contributed by atoms with Crippen LogP contribution in [0.25, 0.3) is 0 Å². The van der Waals surface area contributed by atoms with E-state index < -0.39 is 0 Å². The quantitative estimate of drug-likeness (QED) is 0.303. The monoisotopic (exact) mass is 501 g/mol. The molecular weight excluding hydrogens is 466 g/mol. The number of carbonyl (C=O) groups excluding carboxylic acids is 1. The number of piperidine rings is 1. The van der Waals surface area contributed by atoms with Crippen molar-refractivity contribution in [3.8, 4) is 11.5 Å². The number of carbonyl (C=O) groups is 1. The normalized spacial score (nSPS) is 21.0. The topological polar surface area (TPSA) is 38.8 Å². The molecule has 2 aliphatic heterocycles. The van der Waals surface area contributed by atoms with Crippen LogP contribution in [-0.4, -0.2) is 36.1 Å². The van der Waals surface area contributed by atoms with Gasteiger partial charge in [0.1, 0.15) is 17.6 Å². The van der Waals surface area contributed by atoms with E-state index in [0.29, 0.717) is 5.92 Å². The molecule has 0 N–H and O–H groups in total. The number of nitrogens with zero attached hydrogens (tertiary/aromatic N) is 1. The first-order chi connectivity index (χ1) is 17.5. The Morgan fingerprint density at radius 2 is 1.69 bits per heavy atom. The molecule has 0 saturated carbocycles. The molecule has 188 valence electrons. The van der Waals surface area contributed by atoms with Crippen LogP contribution in [0.2, 0.25) is 0 Å². The van der Waals surface area contributed by atoms with Gasteiger partial charge in [-0.1, -0.05) is 50.2 Å². The molecule has 2 heterocycles. The molecule has 2 fully saturated rings. The van der Waals surface area contributed by atoms with Crippen LogP contribution in [0, 0.1) is 0 Å². The number of ether oxygens (including phenoxy) is 2. The molecule has 1 amide bonds. The third-order valence-electron chi connectivity index (χ3n) is 7.41. The fraction of sp³-hybridized carbons (Fsp3) is 0.387. The number of para-hydroxylation sites is 1. The Morgan fingerprint density at radius 3 is 2.39 bits per heavy atom. The van der Waals surface area contributed by atoms with Crippen LogP contribution in [0.5, 0.6) is 11.5 Å². The SMILES string of the molecule is COc1cccc(SCc2ccc(C(=O)N3C4CCC3CC(Oc3ccccc3C(C)C)C4)cc2)c1. The second-order valence-electron chi connectivity index (χ2n) is 10.2. The molecule has 0 radical (unpaired) electrons. The van der Waals surface area contributed by atoms with E-state index in [9.17, 15) is 4.79 Å². The second kappa shape index (κ2) is 11.0. The molecule has 3 aromatic rings. The van der Waals surface area contributed by atoms with E-state index in [1.54, 1.807) is 18.9 Å². The fourth-order valence-electron chi connectivity index (χ4n) is 5.55. The molecule has 3 aromatic carbocycles. The van der Waals surface area contributed by atoms with Gasteiger partial charge in [0.2, 0.25) is 0 Å². The highest BCUT2D eigenvalue weighted by Crippen LogP contribution is 2.39. The third-order valence-corrected chi connectivity index (χ3v) is 8.47. The molecule has 2 bridgehead atoms. The molecule has 2 atom stereocenters. The number of rotatable bonds is 8. The Kier molecular flexibility index (Phi) is 7.56. The summed E-state index contributed by atoms with van der Waals surface area (Å²) in [6.45, 7) is 4.41. The zero-order valence-electron chi connectivity index (χ0n) is 21.4. The number of methoxy groups -OCH3 is 1. The summed E-state index contributed by atoms with van der Waals surface area (Å²) in [6.07, 6.45) is 4.12.